The SMILES string of the molecule is CCN(CC)c1ccc(C(c2ccc(C)cc2)c2ccc(NCCCCCCCCc3ccc(C(CC(C)(C)C)C(C)(C)C)cc3)c3ccccc23)cc1. The van der Waals surface area contributed by atoms with E-state index in [0.29, 0.717) is 11.3 Å². The van der Waals surface area contributed by atoms with Crippen molar-refractivity contribution in [3.05, 3.63) is 143 Å². The number of fused-ring (bicyclic) bond motifs is 1. The van der Waals surface area contributed by atoms with E-state index < -0.39 is 0 Å². The Morgan fingerprint density at radius 1 is 0.574 bits per heavy atom. The number of aryl methyl sites for hydroxylation is 2. The van der Waals surface area contributed by atoms with Gasteiger partial charge in [-0.25, -0.2) is 0 Å². The fraction of sp³-hybridized carbons (Fsp3) is 0.462. The summed E-state index contributed by atoms with van der Waals surface area (Å²) in [6, 6.07) is 41.7. The Bertz CT molecular complexity index is 1850. The first kappa shape index (κ1) is 41.1. The quantitative estimate of drug-likeness (QED) is 0.0715. The van der Waals surface area contributed by atoms with Crippen LogP contribution in [-0.2, 0) is 6.42 Å². The van der Waals surface area contributed by atoms with E-state index in [1.807, 2.05) is 0 Å². The minimum Gasteiger partial charge on any atom is -0.385 e. The van der Waals surface area contributed by atoms with E-state index in [0.717, 1.165) is 19.6 Å². The number of nitrogens with one attached hydrogen (secondary N) is 1. The minimum absolute atomic E-state index is 0.161. The topological polar surface area (TPSA) is 15.3 Å². The summed E-state index contributed by atoms with van der Waals surface area (Å²) in [5.74, 6) is 0.746. The number of hydrogen-bond donors (Lipinski definition) is 1. The number of unbranched alkanes of at least 4 members (excludes halogenated alkanes) is 5. The van der Waals surface area contributed by atoms with Crippen LogP contribution < -0.4 is 10.2 Å². The molecule has 0 bridgehead atoms. The predicted molar refractivity (Wildman–Crippen MR) is 239 cm³/mol. The van der Waals surface area contributed by atoms with Crippen LogP contribution in [0.3, 0.4) is 0 Å². The normalized spacial score (nSPS) is 13.2. The fourth-order valence-corrected chi connectivity index (χ4v) is 8.34. The zero-order valence-corrected chi connectivity index (χ0v) is 35.3. The van der Waals surface area contributed by atoms with E-state index in [2.05, 4.69) is 182 Å². The first-order valence-corrected chi connectivity index (χ1v) is 21.1. The molecule has 0 fully saturated rings. The molecule has 0 saturated heterocycles. The molecule has 54 heavy (non-hydrogen) atoms. The van der Waals surface area contributed by atoms with E-state index >= 15 is 0 Å². The fourth-order valence-electron chi connectivity index (χ4n) is 8.34. The van der Waals surface area contributed by atoms with Gasteiger partial charge in [0.25, 0.3) is 0 Å². The Kier molecular flexibility index (Phi) is 14.5. The molecule has 5 aromatic carbocycles. The second kappa shape index (κ2) is 19.0. The first-order chi connectivity index (χ1) is 25.9. The van der Waals surface area contributed by atoms with Crippen LogP contribution in [-0.4, -0.2) is 19.6 Å². The molecule has 0 aliphatic heterocycles. The maximum absolute atomic E-state index is 3.83. The zero-order chi connectivity index (χ0) is 38.7. The van der Waals surface area contributed by atoms with E-state index in [1.54, 1.807) is 0 Å². The van der Waals surface area contributed by atoms with Crippen LogP contribution >= 0.6 is 0 Å². The number of rotatable bonds is 18. The van der Waals surface area contributed by atoms with Gasteiger partial charge in [0.1, 0.15) is 0 Å². The maximum Gasteiger partial charge on any atom is 0.0420 e. The van der Waals surface area contributed by atoms with Crippen LogP contribution in [0.15, 0.2) is 109 Å². The van der Waals surface area contributed by atoms with E-state index in [1.165, 1.54) is 107 Å². The molecule has 0 spiro atoms. The summed E-state index contributed by atoms with van der Waals surface area (Å²) in [4.78, 5) is 2.41. The summed E-state index contributed by atoms with van der Waals surface area (Å²) in [5, 5.41) is 6.46. The summed E-state index contributed by atoms with van der Waals surface area (Å²) in [5.41, 5.74) is 11.4. The van der Waals surface area contributed by atoms with Crippen LogP contribution in [0.25, 0.3) is 10.8 Å². The third-order valence-corrected chi connectivity index (χ3v) is 11.5. The van der Waals surface area contributed by atoms with Gasteiger partial charge in [-0.1, -0.05) is 164 Å². The lowest BCUT2D eigenvalue weighted by Gasteiger charge is -2.36. The third-order valence-electron chi connectivity index (χ3n) is 11.5. The molecule has 1 N–H and O–H groups in total. The molecule has 0 aliphatic rings. The third kappa shape index (κ3) is 11.2. The van der Waals surface area contributed by atoms with E-state index in [-0.39, 0.29) is 11.3 Å². The Balaban J connectivity index is 1.14. The van der Waals surface area contributed by atoms with E-state index in [9.17, 15) is 0 Å². The van der Waals surface area contributed by atoms with Gasteiger partial charge in [0, 0.05) is 42.3 Å². The van der Waals surface area contributed by atoms with Crippen molar-refractivity contribution in [3.8, 4) is 0 Å². The van der Waals surface area contributed by atoms with Gasteiger partial charge in [-0.3, -0.25) is 0 Å². The highest BCUT2D eigenvalue weighted by atomic mass is 15.1. The first-order valence-electron chi connectivity index (χ1n) is 21.1. The zero-order valence-electron chi connectivity index (χ0n) is 35.3. The maximum atomic E-state index is 3.83. The average molecular weight is 723 g/mol. The van der Waals surface area contributed by atoms with Crippen molar-refractivity contribution in [2.24, 2.45) is 10.8 Å². The molecule has 0 aromatic heterocycles. The van der Waals surface area contributed by atoms with Crippen LogP contribution in [0.5, 0.6) is 0 Å². The van der Waals surface area contributed by atoms with Crippen molar-refractivity contribution in [1.29, 1.82) is 0 Å². The minimum atomic E-state index is 0.161. The molecule has 0 saturated carbocycles. The van der Waals surface area contributed by atoms with Gasteiger partial charge in [0.2, 0.25) is 0 Å². The predicted octanol–water partition coefficient (Wildman–Crippen LogP) is 14.7. The summed E-state index contributed by atoms with van der Waals surface area (Å²) in [7, 11) is 0. The van der Waals surface area contributed by atoms with Crippen molar-refractivity contribution < 1.29 is 0 Å². The Morgan fingerprint density at radius 2 is 1.13 bits per heavy atom. The molecular weight excluding hydrogens is 653 g/mol. The van der Waals surface area contributed by atoms with Crippen LogP contribution in [0.2, 0.25) is 0 Å². The molecular formula is C52H70N2. The summed E-state index contributed by atoms with van der Waals surface area (Å²) in [6.45, 7) is 24.0. The number of benzene rings is 5. The highest BCUT2D eigenvalue weighted by Crippen LogP contribution is 2.43. The van der Waals surface area contributed by atoms with Crippen molar-refractivity contribution in [3.63, 3.8) is 0 Å². The largest absolute Gasteiger partial charge is 0.385 e. The molecule has 0 heterocycles. The van der Waals surface area contributed by atoms with Crippen molar-refractivity contribution in [2.45, 2.75) is 126 Å². The number of anilines is 2. The molecule has 0 aliphatic carbocycles. The molecule has 2 unspecified atom stereocenters. The van der Waals surface area contributed by atoms with Crippen molar-refractivity contribution in [1.82, 2.24) is 0 Å². The van der Waals surface area contributed by atoms with Crippen LogP contribution in [0.1, 0.15) is 146 Å². The lowest BCUT2D eigenvalue weighted by Crippen LogP contribution is -2.23. The van der Waals surface area contributed by atoms with E-state index in [4.69, 9.17) is 0 Å². The van der Waals surface area contributed by atoms with Crippen molar-refractivity contribution in [2.75, 3.05) is 29.9 Å². The van der Waals surface area contributed by atoms with Crippen molar-refractivity contribution >= 4 is 22.1 Å². The summed E-state index contributed by atoms with van der Waals surface area (Å²) in [6.07, 6.45) is 10.1. The van der Waals surface area contributed by atoms with Gasteiger partial charge in [0.15, 0.2) is 0 Å². The number of nitrogens with zero attached hydrogens (tertiary/aromatic N) is 1. The molecule has 2 atom stereocenters. The molecule has 2 nitrogen and oxygen atoms in total. The molecule has 5 aromatic rings. The number of hydrogen-bond acceptors (Lipinski definition) is 2. The summed E-state index contributed by atoms with van der Waals surface area (Å²) < 4.78 is 0. The van der Waals surface area contributed by atoms with Crippen LogP contribution in [0.4, 0.5) is 11.4 Å². The average Bonchev–Trinajstić information content (AvgIpc) is 3.15. The Morgan fingerprint density at radius 3 is 1.72 bits per heavy atom. The second-order valence-corrected chi connectivity index (χ2v) is 18.1. The highest BCUT2D eigenvalue weighted by molar-refractivity contribution is 5.97. The Hall–Kier alpha value is -4.04. The molecule has 5 rings (SSSR count). The summed E-state index contributed by atoms with van der Waals surface area (Å²) >= 11 is 0. The lowest BCUT2D eigenvalue weighted by molar-refractivity contribution is 0.229. The Labute approximate surface area is 329 Å². The van der Waals surface area contributed by atoms with Crippen LogP contribution in [0, 0.1) is 17.8 Å². The molecule has 288 valence electrons. The van der Waals surface area contributed by atoms with Gasteiger partial charge >= 0.3 is 0 Å². The monoisotopic (exact) mass is 723 g/mol. The molecule has 2 heteroatoms. The standard InChI is InChI=1S/C52H70N2/c1-10-54(11-2)44-33-31-43(32-34-44)50(42-27-23-39(3)24-28-42)47-35-36-49(46-22-18-17-21-45(46)47)53-37-19-15-13-12-14-16-20-40-25-29-41(30-26-40)48(52(7,8)9)38-51(4,5)6/h17-18,21-36,48,50,53H,10-16,19-20,37-38H2,1-9H3. The lowest BCUT2D eigenvalue weighted by atomic mass is 9.69. The molecule has 0 amide bonds. The smallest absolute Gasteiger partial charge is 0.0420 e. The molecule has 0 radical (unpaired) electrons. The second-order valence-electron chi connectivity index (χ2n) is 18.1. The van der Waals surface area contributed by atoms with Gasteiger partial charge in [-0.2, -0.15) is 0 Å². The highest BCUT2D eigenvalue weighted by Gasteiger charge is 2.30. The van der Waals surface area contributed by atoms with Gasteiger partial charge in [0.05, 0.1) is 0 Å². The van der Waals surface area contributed by atoms with Gasteiger partial charge < -0.3 is 10.2 Å². The van der Waals surface area contributed by atoms with Gasteiger partial charge in [-0.05, 0) is 115 Å². The van der Waals surface area contributed by atoms with Gasteiger partial charge in [-0.15, -0.1) is 0 Å².